The van der Waals surface area contributed by atoms with Crippen LogP contribution in [0, 0.1) is 5.92 Å². The minimum absolute atomic E-state index is 0.209. The van der Waals surface area contributed by atoms with Crippen molar-refractivity contribution in [2.75, 3.05) is 26.7 Å². The molecule has 2 aliphatic rings. The van der Waals surface area contributed by atoms with E-state index >= 15 is 0 Å². The number of hydrogen-bond acceptors (Lipinski definition) is 3. The Balaban J connectivity index is 1.72. The smallest absolute Gasteiger partial charge is 0.236 e. The van der Waals surface area contributed by atoms with Gasteiger partial charge in [0.2, 0.25) is 5.91 Å². The van der Waals surface area contributed by atoms with E-state index in [4.69, 9.17) is 0 Å². The van der Waals surface area contributed by atoms with E-state index in [0.29, 0.717) is 25.0 Å². The minimum Gasteiger partial charge on any atom is -0.392 e. The van der Waals surface area contributed by atoms with Crippen molar-refractivity contribution in [2.45, 2.75) is 44.8 Å². The number of carbonyl (C=O) groups excluding carboxylic acids is 1. The average Bonchev–Trinajstić information content (AvgIpc) is 3.13. The van der Waals surface area contributed by atoms with Crippen molar-refractivity contribution in [3.05, 3.63) is 0 Å². The van der Waals surface area contributed by atoms with Gasteiger partial charge < -0.3 is 10.0 Å². The maximum atomic E-state index is 12.0. The molecule has 0 aromatic heterocycles. The lowest BCUT2D eigenvalue weighted by atomic mass is 10.2. The highest BCUT2D eigenvalue weighted by Gasteiger charge is 2.33. The molecule has 2 rings (SSSR count). The van der Waals surface area contributed by atoms with Gasteiger partial charge in [-0.25, -0.2) is 0 Å². The summed E-state index contributed by atoms with van der Waals surface area (Å²) < 4.78 is 0. The molecule has 2 fully saturated rings. The van der Waals surface area contributed by atoms with Gasteiger partial charge in [0.15, 0.2) is 0 Å². The monoisotopic (exact) mass is 240 g/mol. The second-order valence-electron chi connectivity index (χ2n) is 5.51. The van der Waals surface area contributed by atoms with Crippen LogP contribution in [0.5, 0.6) is 0 Å². The van der Waals surface area contributed by atoms with E-state index in [-0.39, 0.29) is 12.0 Å². The molecule has 98 valence electrons. The van der Waals surface area contributed by atoms with Gasteiger partial charge >= 0.3 is 0 Å². The molecule has 2 aliphatic carbocycles. The first-order chi connectivity index (χ1) is 8.11. The first kappa shape index (κ1) is 12.8. The van der Waals surface area contributed by atoms with Crippen molar-refractivity contribution in [2.24, 2.45) is 5.92 Å². The molecule has 2 saturated carbocycles. The predicted molar refractivity (Wildman–Crippen MR) is 66.6 cm³/mol. The highest BCUT2D eigenvalue weighted by molar-refractivity contribution is 5.78. The zero-order valence-electron chi connectivity index (χ0n) is 10.9. The summed E-state index contributed by atoms with van der Waals surface area (Å²) in [5, 5.41) is 9.82. The fourth-order valence-electron chi connectivity index (χ4n) is 2.36. The van der Waals surface area contributed by atoms with Crippen LogP contribution in [0.3, 0.4) is 0 Å². The van der Waals surface area contributed by atoms with Gasteiger partial charge in [0.25, 0.3) is 0 Å². The first-order valence-corrected chi connectivity index (χ1v) is 6.78. The molecule has 17 heavy (non-hydrogen) atoms. The number of nitrogens with zero attached hydrogens (tertiary/aromatic N) is 2. The summed E-state index contributed by atoms with van der Waals surface area (Å²) >= 11 is 0. The van der Waals surface area contributed by atoms with E-state index in [1.807, 2.05) is 23.8 Å². The fourth-order valence-corrected chi connectivity index (χ4v) is 2.36. The SMILES string of the molecule is CCN(C(=O)CN(C)CC(O)C1CC1)C1CC1. The lowest BCUT2D eigenvalue weighted by Crippen LogP contribution is -2.42. The molecule has 1 N–H and O–H groups in total. The molecule has 1 amide bonds. The van der Waals surface area contributed by atoms with Crippen molar-refractivity contribution >= 4 is 5.91 Å². The Kier molecular flexibility index (Phi) is 4.05. The molecular weight excluding hydrogens is 216 g/mol. The van der Waals surface area contributed by atoms with Crippen LogP contribution < -0.4 is 0 Å². The Morgan fingerprint density at radius 1 is 1.35 bits per heavy atom. The predicted octanol–water partition coefficient (Wildman–Crippen LogP) is 0.700. The highest BCUT2D eigenvalue weighted by atomic mass is 16.3. The Bertz CT molecular complexity index is 275. The van der Waals surface area contributed by atoms with E-state index in [0.717, 1.165) is 32.2 Å². The minimum atomic E-state index is -0.246. The largest absolute Gasteiger partial charge is 0.392 e. The maximum absolute atomic E-state index is 12.0. The van der Waals surface area contributed by atoms with Crippen LogP contribution >= 0.6 is 0 Å². The summed E-state index contributed by atoms with van der Waals surface area (Å²) in [5.41, 5.74) is 0. The van der Waals surface area contributed by atoms with Gasteiger partial charge in [-0.05, 0) is 45.6 Å². The number of aliphatic hydroxyl groups is 1. The van der Waals surface area contributed by atoms with E-state index in [9.17, 15) is 9.90 Å². The molecule has 0 aliphatic heterocycles. The summed E-state index contributed by atoms with van der Waals surface area (Å²) in [6.07, 6.45) is 4.36. The van der Waals surface area contributed by atoms with Crippen molar-refractivity contribution < 1.29 is 9.90 Å². The van der Waals surface area contributed by atoms with Gasteiger partial charge in [0, 0.05) is 19.1 Å². The summed E-state index contributed by atoms with van der Waals surface area (Å²) in [4.78, 5) is 16.0. The van der Waals surface area contributed by atoms with E-state index in [1.54, 1.807) is 0 Å². The third-order valence-corrected chi connectivity index (χ3v) is 3.72. The zero-order chi connectivity index (χ0) is 12.4. The quantitative estimate of drug-likeness (QED) is 0.712. The summed E-state index contributed by atoms with van der Waals surface area (Å²) in [7, 11) is 1.92. The highest BCUT2D eigenvalue weighted by Crippen LogP contribution is 2.32. The van der Waals surface area contributed by atoms with Gasteiger partial charge in [-0.15, -0.1) is 0 Å². The fraction of sp³-hybridized carbons (Fsp3) is 0.923. The second-order valence-corrected chi connectivity index (χ2v) is 5.51. The Labute approximate surface area is 104 Å². The van der Waals surface area contributed by atoms with Crippen LogP contribution in [0.1, 0.15) is 32.6 Å². The standard InChI is InChI=1S/C13H24N2O2/c1-3-15(11-6-7-11)13(17)9-14(2)8-12(16)10-4-5-10/h10-12,16H,3-9H2,1-2H3. The van der Waals surface area contributed by atoms with Crippen LogP contribution in [0.2, 0.25) is 0 Å². The van der Waals surface area contributed by atoms with Crippen molar-refractivity contribution in [1.82, 2.24) is 9.80 Å². The van der Waals surface area contributed by atoms with Gasteiger partial charge in [0.1, 0.15) is 0 Å². The average molecular weight is 240 g/mol. The third-order valence-electron chi connectivity index (χ3n) is 3.72. The molecule has 0 saturated heterocycles. The van der Waals surface area contributed by atoms with Gasteiger partial charge in [-0.3, -0.25) is 9.69 Å². The first-order valence-electron chi connectivity index (χ1n) is 6.78. The third kappa shape index (κ3) is 3.68. The molecule has 1 unspecified atom stereocenters. The number of carbonyl (C=O) groups is 1. The molecule has 0 heterocycles. The topological polar surface area (TPSA) is 43.8 Å². The number of aliphatic hydroxyl groups excluding tert-OH is 1. The van der Waals surface area contributed by atoms with E-state index in [1.165, 1.54) is 0 Å². The van der Waals surface area contributed by atoms with Gasteiger partial charge in [0.05, 0.1) is 12.6 Å². The summed E-state index contributed by atoms with van der Waals surface area (Å²) in [5.74, 6) is 0.693. The zero-order valence-corrected chi connectivity index (χ0v) is 10.9. The Morgan fingerprint density at radius 3 is 2.47 bits per heavy atom. The van der Waals surface area contributed by atoms with Gasteiger partial charge in [-0.1, -0.05) is 0 Å². The number of rotatable bonds is 7. The van der Waals surface area contributed by atoms with E-state index < -0.39 is 0 Å². The Hall–Kier alpha value is -0.610. The molecule has 0 spiro atoms. The van der Waals surface area contributed by atoms with Crippen molar-refractivity contribution in [1.29, 1.82) is 0 Å². The molecule has 1 atom stereocenters. The van der Waals surface area contributed by atoms with Crippen LogP contribution in [-0.2, 0) is 4.79 Å². The van der Waals surface area contributed by atoms with Crippen LogP contribution in [-0.4, -0.2) is 59.6 Å². The number of amides is 1. The van der Waals surface area contributed by atoms with Crippen LogP contribution in [0.25, 0.3) is 0 Å². The van der Waals surface area contributed by atoms with Crippen molar-refractivity contribution in [3.63, 3.8) is 0 Å². The summed E-state index contributed by atoms with van der Waals surface area (Å²) in [6, 6.07) is 0.495. The van der Waals surface area contributed by atoms with Crippen molar-refractivity contribution in [3.8, 4) is 0 Å². The second kappa shape index (κ2) is 5.36. The lowest BCUT2D eigenvalue weighted by Gasteiger charge is -2.25. The summed E-state index contributed by atoms with van der Waals surface area (Å²) in [6.45, 7) is 3.91. The van der Waals surface area contributed by atoms with E-state index in [2.05, 4.69) is 0 Å². The van der Waals surface area contributed by atoms with Crippen LogP contribution in [0.4, 0.5) is 0 Å². The molecule has 0 aromatic rings. The molecule has 0 bridgehead atoms. The van der Waals surface area contributed by atoms with Gasteiger partial charge in [-0.2, -0.15) is 0 Å². The number of likely N-dealkylation sites (N-methyl/N-ethyl adjacent to an activating group) is 2. The molecule has 0 radical (unpaired) electrons. The molecular formula is C13H24N2O2. The molecule has 4 heteroatoms. The number of hydrogen-bond donors (Lipinski definition) is 1. The normalized spacial score (nSPS) is 21.6. The van der Waals surface area contributed by atoms with Crippen LogP contribution in [0.15, 0.2) is 0 Å². The molecule has 0 aromatic carbocycles. The maximum Gasteiger partial charge on any atom is 0.236 e. The Morgan fingerprint density at radius 2 is 2.00 bits per heavy atom. The lowest BCUT2D eigenvalue weighted by molar-refractivity contribution is -0.132. The molecule has 4 nitrogen and oxygen atoms in total.